The van der Waals surface area contributed by atoms with E-state index < -0.39 is 0 Å². The van der Waals surface area contributed by atoms with Gasteiger partial charge in [-0.2, -0.15) is 0 Å². The van der Waals surface area contributed by atoms with Gasteiger partial charge in [-0.1, -0.05) is 25.4 Å². The topological polar surface area (TPSA) is 40.5 Å². The summed E-state index contributed by atoms with van der Waals surface area (Å²) in [5.41, 5.74) is 1.05. The number of ketones is 1. The molecule has 4 heteroatoms. The maximum Gasteiger partial charge on any atom is 0.163 e. The predicted molar refractivity (Wildman–Crippen MR) is 81.3 cm³/mol. The first-order chi connectivity index (χ1) is 9.36. The molecule has 2 atom stereocenters. The van der Waals surface area contributed by atoms with Gasteiger partial charge in [-0.3, -0.25) is 9.69 Å². The van der Waals surface area contributed by atoms with E-state index in [1.54, 1.807) is 6.07 Å². The maximum absolute atomic E-state index is 11.5. The van der Waals surface area contributed by atoms with Gasteiger partial charge >= 0.3 is 0 Å². The average Bonchev–Trinajstić information content (AvgIpc) is 2.31. The maximum atomic E-state index is 11.5. The molecule has 1 aromatic carbocycles. The third-order valence-corrected chi connectivity index (χ3v) is 4.09. The van der Waals surface area contributed by atoms with Crippen LogP contribution in [0.2, 0.25) is 5.02 Å². The molecule has 3 nitrogen and oxygen atoms in total. The first-order valence-electron chi connectivity index (χ1n) is 7.11. The Bertz CT molecular complexity index is 505. The van der Waals surface area contributed by atoms with E-state index >= 15 is 0 Å². The minimum atomic E-state index is -0.161. The molecule has 0 aliphatic carbocycles. The monoisotopic (exact) mass is 295 g/mol. The predicted octanol–water partition coefficient (Wildman–Crippen LogP) is 3.73. The number of halogens is 1. The number of rotatable bonds is 3. The van der Waals surface area contributed by atoms with Gasteiger partial charge in [0.2, 0.25) is 0 Å². The lowest BCUT2D eigenvalue weighted by Gasteiger charge is -2.35. The second-order valence-electron chi connectivity index (χ2n) is 6.16. The van der Waals surface area contributed by atoms with Gasteiger partial charge in [-0.15, -0.1) is 0 Å². The summed E-state index contributed by atoms with van der Waals surface area (Å²) in [7, 11) is 0. The van der Waals surface area contributed by atoms with E-state index in [9.17, 15) is 9.90 Å². The fourth-order valence-corrected chi connectivity index (χ4v) is 3.45. The van der Waals surface area contributed by atoms with E-state index in [0.717, 1.165) is 18.7 Å². The number of nitrogens with zero attached hydrogens (tertiary/aromatic N) is 1. The lowest BCUT2D eigenvalue weighted by atomic mass is 9.91. The summed E-state index contributed by atoms with van der Waals surface area (Å²) in [4.78, 5) is 13.9. The summed E-state index contributed by atoms with van der Waals surface area (Å²) in [6.45, 7) is 8.63. The molecule has 110 valence electrons. The molecule has 1 fully saturated rings. The Morgan fingerprint density at radius 1 is 1.35 bits per heavy atom. The Morgan fingerprint density at radius 2 is 1.95 bits per heavy atom. The van der Waals surface area contributed by atoms with E-state index in [-0.39, 0.29) is 11.5 Å². The molecular formula is C16H22ClNO2. The number of benzene rings is 1. The Hall–Kier alpha value is -1.06. The number of hydrogen-bond donors (Lipinski definition) is 1. The van der Waals surface area contributed by atoms with Crippen LogP contribution in [0.3, 0.4) is 0 Å². The van der Waals surface area contributed by atoms with Crippen LogP contribution in [-0.4, -0.2) is 28.9 Å². The summed E-state index contributed by atoms with van der Waals surface area (Å²) in [5, 5.41) is 10.7. The van der Waals surface area contributed by atoms with Crippen LogP contribution in [0.1, 0.15) is 43.1 Å². The van der Waals surface area contributed by atoms with Gasteiger partial charge in [0, 0.05) is 30.2 Å². The van der Waals surface area contributed by atoms with Crippen LogP contribution >= 0.6 is 11.6 Å². The van der Waals surface area contributed by atoms with Crippen LogP contribution in [0.4, 0.5) is 0 Å². The van der Waals surface area contributed by atoms with E-state index in [4.69, 9.17) is 11.6 Å². The third kappa shape index (κ3) is 3.53. The zero-order chi connectivity index (χ0) is 14.9. The van der Waals surface area contributed by atoms with Gasteiger partial charge in [0.05, 0.1) is 5.56 Å². The van der Waals surface area contributed by atoms with Crippen molar-refractivity contribution in [3.05, 3.63) is 28.3 Å². The molecule has 0 spiro atoms. The number of hydrogen-bond acceptors (Lipinski definition) is 3. The van der Waals surface area contributed by atoms with Crippen molar-refractivity contribution in [1.82, 2.24) is 4.90 Å². The summed E-state index contributed by atoms with van der Waals surface area (Å²) in [6, 6.07) is 3.29. The quantitative estimate of drug-likeness (QED) is 0.864. The van der Waals surface area contributed by atoms with Crippen LogP contribution in [-0.2, 0) is 6.54 Å². The molecule has 0 aromatic heterocycles. The lowest BCUT2D eigenvalue weighted by Crippen LogP contribution is -2.38. The second-order valence-corrected chi connectivity index (χ2v) is 6.59. The molecule has 1 aliphatic rings. The highest BCUT2D eigenvalue weighted by Gasteiger charge is 2.23. The van der Waals surface area contributed by atoms with Crippen LogP contribution < -0.4 is 0 Å². The van der Waals surface area contributed by atoms with Crippen LogP contribution in [0.5, 0.6) is 5.75 Å². The zero-order valence-electron chi connectivity index (χ0n) is 12.3. The Kier molecular flexibility index (Phi) is 4.71. The molecule has 20 heavy (non-hydrogen) atoms. The molecule has 2 unspecified atom stereocenters. The molecule has 0 radical (unpaired) electrons. The normalized spacial score (nSPS) is 23.8. The van der Waals surface area contributed by atoms with Crippen molar-refractivity contribution in [3.63, 3.8) is 0 Å². The van der Waals surface area contributed by atoms with Gasteiger partial charge in [-0.25, -0.2) is 0 Å². The fraction of sp³-hybridized carbons (Fsp3) is 0.562. The number of phenolic OH excluding ortho intramolecular Hbond substituents is 1. The fourth-order valence-electron chi connectivity index (χ4n) is 3.21. The molecule has 1 aromatic rings. The molecular weight excluding hydrogens is 274 g/mol. The lowest BCUT2D eigenvalue weighted by molar-refractivity contribution is 0.101. The van der Waals surface area contributed by atoms with E-state index in [0.29, 0.717) is 29.0 Å². The first-order valence-corrected chi connectivity index (χ1v) is 7.49. The van der Waals surface area contributed by atoms with Crippen LogP contribution in [0.15, 0.2) is 12.1 Å². The molecule has 1 aliphatic heterocycles. The van der Waals surface area contributed by atoms with Crippen molar-refractivity contribution in [2.45, 2.75) is 33.7 Å². The van der Waals surface area contributed by atoms with Gasteiger partial charge in [0.1, 0.15) is 5.75 Å². The SMILES string of the molecule is CC(=O)c1cc(Cl)cc(CN2CC(C)CC(C)C2)c1O. The van der Waals surface area contributed by atoms with Gasteiger partial charge in [0.25, 0.3) is 0 Å². The molecule has 0 amide bonds. The highest BCUT2D eigenvalue weighted by molar-refractivity contribution is 6.31. The number of Topliss-reactive ketones (excluding diaryl/α,β-unsaturated/α-hetero) is 1. The number of likely N-dealkylation sites (tertiary alicyclic amines) is 1. The number of aromatic hydroxyl groups is 1. The highest BCUT2D eigenvalue weighted by Crippen LogP contribution is 2.30. The number of carbonyl (C=O) groups excluding carboxylic acids is 1. The Morgan fingerprint density at radius 3 is 2.50 bits per heavy atom. The largest absolute Gasteiger partial charge is 0.507 e. The van der Waals surface area contributed by atoms with Crippen LogP contribution in [0.25, 0.3) is 0 Å². The number of phenols is 1. The minimum Gasteiger partial charge on any atom is -0.507 e. The van der Waals surface area contributed by atoms with Gasteiger partial charge in [-0.05, 0) is 37.3 Å². The van der Waals surface area contributed by atoms with E-state index in [2.05, 4.69) is 18.7 Å². The van der Waals surface area contributed by atoms with Gasteiger partial charge < -0.3 is 5.11 Å². The number of carbonyl (C=O) groups is 1. The molecule has 0 bridgehead atoms. The van der Waals surface area contributed by atoms with Crippen LogP contribution in [0, 0.1) is 11.8 Å². The van der Waals surface area contributed by atoms with Crippen molar-refractivity contribution < 1.29 is 9.90 Å². The zero-order valence-corrected chi connectivity index (χ0v) is 13.1. The summed E-state index contributed by atoms with van der Waals surface area (Å²) < 4.78 is 0. The third-order valence-electron chi connectivity index (χ3n) is 3.87. The summed E-state index contributed by atoms with van der Waals surface area (Å²) in [6.07, 6.45) is 1.25. The molecule has 1 heterocycles. The van der Waals surface area contributed by atoms with E-state index in [1.807, 2.05) is 0 Å². The smallest absolute Gasteiger partial charge is 0.163 e. The Balaban J connectivity index is 2.23. The Labute approximate surface area is 125 Å². The van der Waals surface area contributed by atoms with E-state index in [1.165, 1.54) is 19.4 Å². The highest BCUT2D eigenvalue weighted by atomic mass is 35.5. The summed E-state index contributed by atoms with van der Waals surface area (Å²) in [5.74, 6) is 1.24. The summed E-state index contributed by atoms with van der Waals surface area (Å²) >= 11 is 6.06. The minimum absolute atomic E-state index is 0.0766. The molecule has 0 saturated carbocycles. The van der Waals surface area contributed by atoms with Crippen molar-refractivity contribution in [2.75, 3.05) is 13.1 Å². The average molecular weight is 296 g/mol. The van der Waals surface area contributed by atoms with Crippen molar-refractivity contribution in [1.29, 1.82) is 0 Å². The van der Waals surface area contributed by atoms with Gasteiger partial charge in [0.15, 0.2) is 5.78 Å². The number of piperidine rings is 1. The van der Waals surface area contributed by atoms with Crippen molar-refractivity contribution in [2.24, 2.45) is 11.8 Å². The van der Waals surface area contributed by atoms with Crippen molar-refractivity contribution >= 4 is 17.4 Å². The molecule has 2 rings (SSSR count). The molecule has 1 N–H and O–H groups in total. The van der Waals surface area contributed by atoms with Crippen molar-refractivity contribution in [3.8, 4) is 5.75 Å². The second kappa shape index (κ2) is 6.15. The standard InChI is InChI=1S/C16H22ClNO2/c1-10-4-11(2)8-18(7-10)9-13-5-14(17)6-15(12(3)19)16(13)20/h5-6,10-11,20H,4,7-9H2,1-3H3. The molecule has 1 saturated heterocycles. The first kappa shape index (κ1) is 15.3.